The number of nitrogens with zero attached hydrogens (tertiary/aromatic N) is 1. The minimum Gasteiger partial charge on any atom is -0.338 e. The number of imide groups is 1. The predicted octanol–water partition coefficient (Wildman–Crippen LogP) is 0.952. The van der Waals surface area contributed by atoms with Gasteiger partial charge in [0.15, 0.2) is 0 Å². The molecule has 1 unspecified atom stereocenters. The molecule has 0 spiro atoms. The molecule has 0 bridgehead atoms. The van der Waals surface area contributed by atoms with Crippen molar-refractivity contribution in [1.29, 1.82) is 0 Å². The molecule has 1 aliphatic carbocycles. The highest BCUT2D eigenvalue weighted by Gasteiger charge is 2.31. The van der Waals surface area contributed by atoms with Crippen LogP contribution in [0.15, 0.2) is 0 Å². The van der Waals surface area contributed by atoms with Crippen LogP contribution in [0, 0.1) is 5.92 Å². The molecule has 2 N–H and O–H groups in total. The molecule has 0 aromatic heterocycles. The number of hydrogen-bond acceptors (Lipinski definition) is 3. The van der Waals surface area contributed by atoms with Crippen LogP contribution in [-0.4, -0.2) is 43.0 Å². The summed E-state index contributed by atoms with van der Waals surface area (Å²) in [6.07, 6.45) is 3.37. The Morgan fingerprint density at radius 2 is 2.06 bits per heavy atom. The second-order valence-electron chi connectivity index (χ2n) is 4.80. The Morgan fingerprint density at radius 1 is 1.41 bits per heavy atom. The first kappa shape index (κ1) is 14.0. The Balaban J connectivity index is 2.21. The molecule has 5 nitrogen and oxygen atoms in total. The van der Waals surface area contributed by atoms with E-state index in [4.69, 9.17) is 0 Å². The van der Waals surface area contributed by atoms with Gasteiger partial charge in [0.2, 0.25) is 5.91 Å². The molecule has 1 saturated carbocycles. The largest absolute Gasteiger partial charge is 0.338 e. The minimum atomic E-state index is -0.399. The second-order valence-corrected chi connectivity index (χ2v) is 4.80. The molecule has 3 amide bonds. The Bertz CT molecular complexity index is 277. The molecule has 0 radical (unpaired) electrons. The summed E-state index contributed by atoms with van der Waals surface area (Å²) in [6.45, 7) is 4.96. The van der Waals surface area contributed by atoms with E-state index >= 15 is 0 Å². The van der Waals surface area contributed by atoms with Gasteiger partial charge < -0.3 is 5.32 Å². The van der Waals surface area contributed by atoms with E-state index in [1.165, 1.54) is 12.8 Å². The fourth-order valence-electron chi connectivity index (χ4n) is 1.76. The molecule has 1 fully saturated rings. The maximum atomic E-state index is 11.6. The van der Waals surface area contributed by atoms with Gasteiger partial charge in [0.05, 0.1) is 6.54 Å². The number of amides is 3. The van der Waals surface area contributed by atoms with Gasteiger partial charge in [0.1, 0.15) is 0 Å². The highest BCUT2D eigenvalue weighted by molar-refractivity contribution is 5.95. The lowest BCUT2D eigenvalue weighted by Gasteiger charge is -2.23. The van der Waals surface area contributed by atoms with Crippen LogP contribution in [0.1, 0.15) is 33.1 Å². The first-order valence-corrected chi connectivity index (χ1v) is 6.32. The van der Waals surface area contributed by atoms with Crippen LogP contribution in [0.25, 0.3) is 0 Å². The standard InChI is InChI=1S/C12H23N3O2/c1-4-7-13-12(17)14-11(16)8-15(3)9(2)10-5-6-10/h9-10H,4-8H2,1-3H3,(H2,13,14,16,17). The molecule has 1 rings (SSSR count). The van der Waals surface area contributed by atoms with Gasteiger partial charge in [-0.25, -0.2) is 4.79 Å². The zero-order chi connectivity index (χ0) is 12.8. The summed E-state index contributed by atoms with van der Waals surface area (Å²) in [5.74, 6) is 0.482. The van der Waals surface area contributed by atoms with Gasteiger partial charge >= 0.3 is 6.03 Å². The average Bonchev–Trinajstić information content (AvgIpc) is 3.08. The number of urea groups is 1. The number of carbonyl (C=O) groups excluding carboxylic acids is 2. The molecule has 0 aliphatic heterocycles. The van der Waals surface area contributed by atoms with Gasteiger partial charge in [-0.3, -0.25) is 15.0 Å². The van der Waals surface area contributed by atoms with Crippen molar-refractivity contribution in [1.82, 2.24) is 15.5 Å². The molecule has 0 aromatic carbocycles. The second kappa shape index (κ2) is 6.59. The van der Waals surface area contributed by atoms with Gasteiger partial charge in [-0.05, 0) is 39.2 Å². The Hall–Kier alpha value is -1.10. The lowest BCUT2D eigenvalue weighted by molar-refractivity contribution is -0.121. The van der Waals surface area contributed by atoms with Crippen molar-refractivity contribution in [2.24, 2.45) is 5.92 Å². The Labute approximate surface area is 103 Å². The van der Waals surface area contributed by atoms with Crippen molar-refractivity contribution in [3.05, 3.63) is 0 Å². The van der Waals surface area contributed by atoms with Gasteiger partial charge in [-0.15, -0.1) is 0 Å². The predicted molar refractivity (Wildman–Crippen MR) is 66.6 cm³/mol. The number of rotatable bonds is 6. The summed E-state index contributed by atoms with van der Waals surface area (Å²) in [5.41, 5.74) is 0. The summed E-state index contributed by atoms with van der Waals surface area (Å²) >= 11 is 0. The lowest BCUT2D eigenvalue weighted by Crippen LogP contribution is -2.45. The summed E-state index contributed by atoms with van der Waals surface area (Å²) in [7, 11) is 1.92. The first-order chi connectivity index (χ1) is 8.04. The summed E-state index contributed by atoms with van der Waals surface area (Å²) in [4.78, 5) is 24.8. The molecule has 0 heterocycles. The van der Waals surface area contributed by atoms with Crippen molar-refractivity contribution in [3.8, 4) is 0 Å². The third-order valence-corrected chi connectivity index (χ3v) is 3.18. The fraction of sp³-hybridized carbons (Fsp3) is 0.833. The molecule has 0 saturated heterocycles. The third-order valence-electron chi connectivity index (χ3n) is 3.18. The van der Waals surface area contributed by atoms with Crippen molar-refractivity contribution in [2.75, 3.05) is 20.1 Å². The van der Waals surface area contributed by atoms with E-state index in [0.717, 1.165) is 12.3 Å². The Morgan fingerprint density at radius 3 is 2.59 bits per heavy atom. The van der Waals surface area contributed by atoms with Crippen LogP contribution in [0.5, 0.6) is 0 Å². The topological polar surface area (TPSA) is 61.4 Å². The highest BCUT2D eigenvalue weighted by Crippen LogP contribution is 2.34. The number of nitrogens with one attached hydrogen (secondary N) is 2. The molecule has 17 heavy (non-hydrogen) atoms. The van der Waals surface area contributed by atoms with Crippen LogP contribution in [-0.2, 0) is 4.79 Å². The fourth-order valence-corrected chi connectivity index (χ4v) is 1.76. The van der Waals surface area contributed by atoms with Gasteiger partial charge in [-0.2, -0.15) is 0 Å². The maximum absolute atomic E-state index is 11.6. The van der Waals surface area contributed by atoms with Gasteiger partial charge in [-0.1, -0.05) is 6.92 Å². The summed E-state index contributed by atoms with van der Waals surface area (Å²) < 4.78 is 0. The summed E-state index contributed by atoms with van der Waals surface area (Å²) in [6, 6.07) is 0.0174. The smallest absolute Gasteiger partial charge is 0.321 e. The van der Waals surface area contributed by atoms with Gasteiger partial charge in [0.25, 0.3) is 0 Å². The monoisotopic (exact) mass is 241 g/mol. The van der Waals surface area contributed by atoms with Crippen molar-refractivity contribution in [3.63, 3.8) is 0 Å². The van der Waals surface area contributed by atoms with E-state index in [1.54, 1.807) is 0 Å². The van der Waals surface area contributed by atoms with E-state index in [2.05, 4.69) is 17.6 Å². The highest BCUT2D eigenvalue weighted by atomic mass is 16.2. The van der Waals surface area contributed by atoms with E-state index in [-0.39, 0.29) is 12.5 Å². The number of likely N-dealkylation sites (N-methyl/N-ethyl adjacent to an activating group) is 1. The maximum Gasteiger partial charge on any atom is 0.321 e. The molecular weight excluding hydrogens is 218 g/mol. The van der Waals surface area contributed by atoms with Crippen LogP contribution in [0.3, 0.4) is 0 Å². The normalized spacial score (nSPS) is 16.7. The van der Waals surface area contributed by atoms with Crippen molar-refractivity contribution >= 4 is 11.9 Å². The number of hydrogen-bond donors (Lipinski definition) is 2. The average molecular weight is 241 g/mol. The molecule has 98 valence electrons. The SMILES string of the molecule is CCCNC(=O)NC(=O)CN(C)C(C)C1CC1. The van der Waals surface area contributed by atoms with Crippen LogP contribution in [0.2, 0.25) is 0 Å². The van der Waals surface area contributed by atoms with Crippen LogP contribution >= 0.6 is 0 Å². The van der Waals surface area contributed by atoms with Gasteiger partial charge in [0, 0.05) is 12.6 Å². The molecular formula is C12H23N3O2. The molecule has 0 aromatic rings. The minimum absolute atomic E-state index is 0.242. The first-order valence-electron chi connectivity index (χ1n) is 6.32. The van der Waals surface area contributed by atoms with E-state index < -0.39 is 6.03 Å². The Kier molecular flexibility index (Phi) is 5.41. The zero-order valence-electron chi connectivity index (χ0n) is 11.0. The summed E-state index contributed by atoms with van der Waals surface area (Å²) in [5, 5.41) is 4.94. The third kappa shape index (κ3) is 5.17. The molecule has 5 heteroatoms. The van der Waals surface area contributed by atoms with Crippen LogP contribution in [0.4, 0.5) is 4.79 Å². The zero-order valence-corrected chi connectivity index (χ0v) is 11.0. The van der Waals surface area contributed by atoms with E-state index in [9.17, 15) is 9.59 Å². The lowest BCUT2D eigenvalue weighted by atomic mass is 10.2. The van der Waals surface area contributed by atoms with Crippen molar-refractivity contribution < 1.29 is 9.59 Å². The molecule has 1 aliphatic rings. The van der Waals surface area contributed by atoms with Crippen molar-refractivity contribution in [2.45, 2.75) is 39.2 Å². The van der Waals surface area contributed by atoms with Crippen LogP contribution < -0.4 is 10.6 Å². The number of carbonyl (C=O) groups is 2. The van der Waals surface area contributed by atoms with E-state index in [0.29, 0.717) is 12.6 Å². The van der Waals surface area contributed by atoms with E-state index in [1.807, 2.05) is 18.9 Å². The molecule has 1 atom stereocenters. The quantitative estimate of drug-likeness (QED) is 0.728.